The first-order valence-corrected chi connectivity index (χ1v) is 6.46. The third-order valence-electron chi connectivity index (χ3n) is 3.20. The van der Waals surface area contributed by atoms with Crippen molar-refractivity contribution in [2.75, 3.05) is 31.6 Å². The van der Waals surface area contributed by atoms with Crippen LogP contribution in [-0.2, 0) is 0 Å². The highest BCUT2D eigenvalue weighted by atomic mass is 35.5. The summed E-state index contributed by atoms with van der Waals surface area (Å²) in [6.07, 6.45) is 2.48. The standard InChI is InChI=1S/C12H19ClN4/c1-9-7-11(16-12(13)15-9)17(2)8-10-3-5-14-6-4-10/h7,10,14H,3-6,8H2,1-2H3. The van der Waals surface area contributed by atoms with E-state index in [0.29, 0.717) is 5.28 Å². The maximum absolute atomic E-state index is 5.88. The molecule has 0 atom stereocenters. The van der Waals surface area contributed by atoms with Gasteiger partial charge in [-0.3, -0.25) is 0 Å². The van der Waals surface area contributed by atoms with E-state index < -0.39 is 0 Å². The van der Waals surface area contributed by atoms with Gasteiger partial charge in [0.25, 0.3) is 0 Å². The number of aryl methyl sites for hydroxylation is 1. The Bertz CT molecular complexity index is 357. The number of aromatic nitrogens is 2. The van der Waals surface area contributed by atoms with Crippen LogP contribution in [0.5, 0.6) is 0 Å². The quantitative estimate of drug-likeness (QED) is 0.837. The van der Waals surface area contributed by atoms with Crippen LogP contribution in [0, 0.1) is 12.8 Å². The molecule has 1 N–H and O–H groups in total. The lowest BCUT2D eigenvalue weighted by Gasteiger charge is -2.28. The molecule has 1 aromatic heterocycles. The SMILES string of the molecule is Cc1cc(N(C)CC2CCNCC2)nc(Cl)n1. The van der Waals surface area contributed by atoms with Gasteiger partial charge in [0.05, 0.1) is 0 Å². The van der Waals surface area contributed by atoms with Crippen LogP contribution < -0.4 is 10.2 Å². The lowest BCUT2D eigenvalue weighted by Crippen LogP contribution is -2.34. The predicted octanol–water partition coefficient (Wildman–Crippen LogP) is 1.87. The van der Waals surface area contributed by atoms with Gasteiger partial charge in [-0.2, -0.15) is 0 Å². The number of nitrogens with one attached hydrogen (secondary N) is 1. The van der Waals surface area contributed by atoms with E-state index in [9.17, 15) is 0 Å². The van der Waals surface area contributed by atoms with Gasteiger partial charge in [0.2, 0.25) is 5.28 Å². The molecule has 0 spiro atoms. The Morgan fingerprint density at radius 1 is 1.41 bits per heavy atom. The Labute approximate surface area is 107 Å². The smallest absolute Gasteiger partial charge is 0.224 e. The number of rotatable bonds is 3. The molecule has 5 heteroatoms. The van der Waals surface area contributed by atoms with E-state index in [1.807, 2.05) is 13.0 Å². The molecule has 0 saturated carbocycles. The Morgan fingerprint density at radius 3 is 2.76 bits per heavy atom. The highest BCUT2D eigenvalue weighted by Crippen LogP contribution is 2.18. The molecule has 0 amide bonds. The van der Waals surface area contributed by atoms with Crippen molar-refractivity contribution in [3.63, 3.8) is 0 Å². The molecule has 0 unspecified atom stereocenters. The first-order valence-electron chi connectivity index (χ1n) is 6.08. The van der Waals surface area contributed by atoms with Crippen molar-refractivity contribution in [1.82, 2.24) is 15.3 Å². The van der Waals surface area contributed by atoms with E-state index in [-0.39, 0.29) is 0 Å². The number of hydrogen-bond donors (Lipinski definition) is 1. The van der Waals surface area contributed by atoms with Gasteiger partial charge in [0.1, 0.15) is 5.82 Å². The summed E-state index contributed by atoms with van der Waals surface area (Å²) in [6, 6.07) is 1.98. The Morgan fingerprint density at radius 2 is 2.12 bits per heavy atom. The second-order valence-corrected chi connectivity index (χ2v) is 5.05. The van der Waals surface area contributed by atoms with Crippen LogP contribution in [0.4, 0.5) is 5.82 Å². The van der Waals surface area contributed by atoms with Crippen molar-refractivity contribution in [3.05, 3.63) is 17.0 Å². The number of piperidine rings is 1. The van der Waals surface area contributed by atoms with Crippen LogP contribution in [-0.4, -0.2) is 36.6 Å². The average Bonchev–Trinajstić information content (AvgIpc) is 2.29. The minimum absolute atomic E-state index is 0.331. The molecule has 0 aliphatic carbocycles. The highest BCUT2D eigenvalue weighted by Gasteiger charge is 2.16. The second kappa shape index (κ2) is 5.65. The molecule has 0 radical (unpaired) electrons. The zero-order chi connectivity index (χ0) is 12.3. The number of hydrogen-bond acceptors (Lipinski definition) is 4. The van der Waals surface area contributed by atoms with Gasteiger partial charge in [0, 0.05) is 25.4 Å². The molecule has 1 aromatic rings. The van der Waals surface area contributed by atoms with Crippen LogP contribution >= 0.6 is 11.6 Å². The minimum Gasteiger partial charge on any atom is -0.359 e. The first-order chi connectivity index (χ1) is 8.15. The summed E-state index contributed by atoms with van der Waals surface area (Å²) in [7, 11) is 2.07. The molecule has 2 heterocycles. The molecule has 0 bridgehead atoms. The normalized spacial score (nSPS) is 17.1. The minimum atomic E-state index is 0.331. The zero-order valence-corrected chi connectivity index (χ0v) is 11.2. The lowest BCUT2D eigenvalue weighted by molar-refractivity contribution is 0.377. The summed E-state index contributed by atoms with van der Waals surface area (Å²) in [5, 5.41) is 3.71. The van der Waals surface area contributed by atoms with Crippen molar-refractivity contribution in [1.29, 1.82) is 0 Å². The Hall–Kier alpha value is -0.870. The van der Waals surface area contributed by atoms with Gasteiger partial charge in [-0.1, -0.05) is 0 Å². The average molecular weight is 255 g/mol. The molecule has 1 aliphatic rings. The molecule has 1 aliphatic heterocycles. The van der Waals surface area contributed by atoms with Gasteiger partial charge in [0.15, 0.2) is 0 Å². The maximum atomic E-state index is 5.88. The molecule has 0 aromatic carbocycles. The molecule has 94 valence electrons. The third kappa shape index (κ3) is 3.54. The van der Waals surface area contributed by atoms with Crippen molar-refractivity contribution in [2.45, 2.75) is 19.8 Å². The van der Waals surface area contributed by atoms with Gasteiger partial charge in [-0.25, -0.2) is 9.97 Å². The summed E-state index contributed by atoms with van der Waals surface area (Å²) in [4.78, 5) is 10.5. The molecular weight excluding hydrogens is 236 g/mol. The fourth-order valence-electron chi connectivity index (χ4n) is 2.26. The first kappa shape index (κ1) is 12.6. The van der Waals surface area contributed by atoms with Crippen molar-refractivity contribution >= 4 is 17.4 Å². The van der Waals surface area contributed by atoms with Gasteiger partial charge < -0.3 is 10.2 Å². The van der Waals surface area contributed by atoms with Crippen LogP contribution in [0.15, 0.2) is 6.07 Å². The topological polar surface area (TPSA) is 41.0 Å². The van der Waals surface area contributed by atoms with Crippen LogP contribution in [0.3, 0.4) is 0 Å². The fraction of sp³-hybridized carbons (Fsp3) is 0.667. The molecule has 4 nitrogen and oxygen atoms in total. The molecule has 1 saturated heterocycles. The van der Waals surface area contributed by atoms with E-state index in [0.717, 1.165) is 37.1 Å². The summed E-state index contributed by atoms with van der Waals surface area (Å²) in [6.45, 7) is 5.23. The van der Waals surface area contributed by atoms with Crippen LogP contribution in [0.25, 0.3) is 0 Å². The maximum Gasteiger partial charge on any atom is 0.224 e. The van der Waals surface area contributed by atoms with Crippen molar-refractivity contribution in [2.24, 2.45) is 5.92 Å². The second-order valence-electron chi connectivity index (χ2n) is 4.71. The van der Waals surface area contributed by atoms with Crippen LogP contribution in [0.1, 0.15) is 18.5 Å². The van der Waals surface area contributed by atoms with Crippen molar-refractivity contribution in [3.8, 4) is 0 Å². The van der Waals surface area contributed by atoms with E-state index in [4.69, 9.17) is 11.6 Å². The zero-order valence-electron chi connectivity index (χ0n) is 10.4. The monoisotopic (exact) mass is 254 g/mol. The summed E-state index contributed by atoms with van der Waals surface area (Å²) >= 11 is 5.88. The van der Waals surface area contributed by atoms with Crippen molar-refractivity contribution < 1.29 is 0 Å². The molecular formula is C12H19ClN4. The van der Waals surface area contributed by atoms with Crippen LogP contribution in [0.2, 0.25) is 5.28 Å². The molecule has 1 fully saturated rings. The third-order valence-corrected chi connectivity index (χ3v) is 3.36. The van der Waals surface area contributed by atoms with Gasteiger partial charge >= 0.3 is 0 Å². The molecule has 17 heavy (non-hydrogen) atoms. The van der Waals surface area contributed by atoms with E-state index in [2.05, 4.69) is 27.2 Å². The summed E-state index contributed by atoms with van der Waals surface area (Å²) < 4.78 is 0. The highest BCUT2D eigenvalue weighted by molar-refractivity contribution is 6.28. The Balaban J connectivity index is 2.00. The fourth-order valence-corrected chi connectivity index (χ4v) is 2.48. The Kier molecular flexibility index (Phi) is 4.18. The lowest BCUT2D eigenvalue weighted by atomic mass is 9.98. The van der Waals surface area contributed by atoms with E-state index >= 15 is 0 Å². The molecule has 2 rings (SSSR count). The number of anilines is 1. The largest absolute Gasteiger partial charge is 0.359 e. The summed E-state index contributed by atoms with van der Waals surface area (Å²) in [5.41, 5.74) is 0.914. The predicted molar refractivity (Wildman–Crippen MR) is 70.6 cm³/mol. The van der Waals surface area contributed by atoms with Gasteiger partial charge in [-0.15, -0.1) is 0 Å². The number of nitrogens with zero attached hydrogens (tertiary/aromatic N) is 3. The summed E-state index contributed by atoms with van der Waals surface area (Å²) in [5.74, 6) is 1.66. The van der Waals surface area contributed by atoms with Gasteiger partial charge in [-0.05, 0) is 50.4 Å². The van der Waals surface area contributed by atoms with E-state index in [1.165, 1.54) is 12.8 Å². The number of halogens is 1. The van der Waals surface area contributed by atoms with E-state index in [1.54, 1.807) is 0 Å².